The summed E-state index contributed by atoms with van der Waals surface area (Å²) in [5, 5.41) is 0.282. The second-order valence-corrected chi connectivity index (χ2v) is 9.57. The second kappa shape index (κ2) is 8.66. The van der Waals surface area contributed by atoms with E-state index in [2.05, 4.69) is 4.98 Å². The van der Waals surface area contributed by atoms with E-state index in [4.69, 9.17) is 0 Å². The van der Waals surface area contributed by atoms with Gasteiger partial charge in [-0.15, -0.1) is 0 Å². The highest BCUT2D eigenvalue weighted by Gasteiger charge is 2.21. The van der Waals surface area contributed by atoms with Crippen molar-refractivity contribution in [2.24, 2.45) is 0 Å². The zero-order chi connectivity index (χ0) is 19.3. The number of carbonyl (C=O) groups is 1. The Morgan fingerprint density at radius 3 is 2.31 bits per heavy atom. The third-order valence-corrected chi connectivity index (χ3v) is 6.61. The standard InChI is InChI=1S/C18H23N3O3S2/c1-14(18(22)21(4)13-15-8-6-5-7-9-15)25-17-11-10-16(12-19-17)26(23,24)20(2)3/h5-12,14H,13H2,1-4H3/t14-/m0/s1. The number of rotatable bonds is 7. The summed E-state index contributed by atoms with van der Waals surface area (Å²) in [6, 6.07) is 12.9. The van der Waals surface area contributed by atoms with Crippen LogP contribution in [-0.4, -0.2) is 54.9 Å². The zero-order valence-corrected chi connectivity index (χ0v) is 16.9. The molecule has 8 heteroatoms. The first kappa shape index (κ1) is 20.4. The molecule has 6 nitrogen and oxygen atoms in total. The fraction of sp³-hybridized carbons (Fsp3) is 0.333. The predicted octanol–water partition coefficient (Wildman–Crippen LogP) is 2.47. The van der Waals surface area contributed by atoms with E-state index in [-0.39, 0.29) is 16.1 Å². The molecule has 1 atom stereocenters. The molecule has 0 fully saturated rings. The Morgan fingerprint density at radius 1 is 1.12 bits per heavy atom. The lowest BCUT2D eigenvalue weighted by atomic mass is 10.2. The first-order valence-electron chi connectivity index (χ1n) is 8.06. The van der Waals surface area contributed by atoms with Gasteiger partial charge >= 0.3 is 0 Å². The second-order valence-electron chi connectivity index (χ2n) is 6.06. The Morgan fingerprint density at radius 2 is 1.77 bits per heavy atom. The van der Waals surface area contributed by atoms with Crippen molar-refractivity contribution in [1.29, 1.82) is 0 Å². The van der Waals surface area contributed by atoms with Crippen LogP contribution in [0.5, 0.6) is 0 Å². The first-order chi connectivity index (χ1) is 12.2. The fourth-order valence-corrected chi connectivity index (χ4v) is 4.03. The van der Waals surface area contributed by atoms with E-state index in [1.807, 2.05) is 37.3 Å². The van der Waals surface area contributed by atoms with Gasteiger partial charge in [-0.1, -0.05) is 42.1 Å². The highest BCUT2D eigenvalue weighted by Crippen LogP contribution is 2.24. The summed E-state index contributed by atoms with van der Waals surface area (Å²) in [5.41, 5.74) is 1.07. The summed E-state index contributed by atoms with van der Waals surface area (Å²) >= 11 is 1.31. The van der Waals surface area contributed by atoms with Gasteiger partial charge in [0.15, 0.2) is 0 Å². The van der Waals surface area contributed by atoms with Gasteiger partial charge in [-0.25, -0.2) is 17.7 Å². The molecule has 0 bridgehead atoms. The van der Waals surface area contributed by atoms with Gasteiger partial charge in [0.2, 0.25) is 15.9 Å². The van der Waals surface area contributed by atoms with Crippen LogP contribution in [0.1, 0.15) is 12.5 Å². The number of hydrogen-bond acceptors (Lipinski definition) is 5. The number of pyridine rings is 1. The van der Waals surface area contributed by atoms with Gasteiger partial charge in [-0.05, 0) is 24.6 Å². The highest BCUT2D eigenvalue weighted by atomic mass is 32.2. The minimum absolute atomic E-state index is 0.00866. The van der Waals surface area contributed by atoms with Crippen molar-refractivity contribution in [3.05, 3.63) is 54.2 Å². The molecule has 0 N–H and O–H groups in total. The van der Waals surface area contributed by atoms with Crippen LogP contribution in [0.2, 0.25) is 0 Å². The molecular formula is C18H23N3O3S2. The van der Waals surface area contributed by atoms with Gasteiger partial charge in [0, 0.05) is 33.9 Å². The summed E-state index contributed by atoms with van der Waals surface area (Å²) in [4.78, 5) is 18.5. The Balaban J connectivity index is 2.00. The Bertz CT molecular complexity index is 838. The lowest BCUT2D eigenvalue weighted by molar-refractivity contribution is -0.129. The largest absolute Gasteiger partial charge is 0.340 e. The molecule has 0 spiro atoms. The average molecular weight is 394 g/mol. The fourth-order valence-electron chi connectivity index (χ4n) is 2.28. The summed E-state index contributed by atoms with van der Waals surface area (Å²) < 4.78 is 25.3. The van der Waals surface area contributed by atoms with Crippen molar-refractivity contribution in [2.75, 3.05) is 21.1 Å². The van der Waals surface area contributed by atoms with Crippen molar-refractivity contribution in [3.63, 3.8) is 0 Å². The number of benzene rings is 1. The maximum Gasteiger partial charge on any atom is 0.244 e. The first-order valence-corrected chi connectivity index (χ1v) is 10.4. The van der Waals surface area contributed by atoms with Crippen molar-refractivity contribution in [1.82, 2.24) is 14.2 Å². The normalized spacial score (nSPS) is 12.8. The molecule has 0 aliphatic carbocycles. The average Bonchev–Trinajstić information content (AvgIpc) is 2.62. The molecule has 0 radical (unpaired) electrons. The number of carbonyl (C=O) groups excluding carboxylic acids is 1. The summed E-state index contributed by atoms with van der Waals surface area (Å²) in [6.07, 6.45) is 1.32. The summed E-state index contributed by atoms with van der Waals surface area (Å²) in [7, 11) is 1.22. The van der Waals surface area contributed by atoms with Crippen molar-refractivity contribution >= 4 is 27.7 Å². The Kier molecular flexibility index (Phi) is 6.80. The zero-order valence-electron chi connectivity index (χ0n) is 15.3. The van der Waals surface area contributed by atoms with Crippen molar-refractivity contribution < 1.29 is 13.2 Å². The van der Waals surface area contributed by atoms with Crippen molar-refractivity contribution in [3.8, 4) is 0 Å². The van der Waals surface area contributed by atoms with E-state index in [0.717, 1.165) is 9.87 Å². The van der Waals surface area contributed by atoms with Crippen LogP contribution < -0.4 is 0 Å². The highest BCUT2D eigenvalue weighted by molar-refractivity contribution is 8.00. The number of thioether (sulfide) groups is 1. The van der Waals surface area contributed by atoms with E-state index < -0.39 is 10.0 Å². The van der Waals surface area contributed by atoms with Gasteiger partial charge in [-0.3, -0.25) is 4.79 Å². The SMILES string of the molecule is C[C@H](Sc1ccc(S(=O)(=O)N(C)C)cn1)C(=O)N(C)Cc1ccccc1. The van der Waals surface area contributed by atoms with Crippen LogP contribution in [0.4, 0.5) is 0 Å². The summed E-state index contributed by atoms with van der Waals surface area (Å²) in [6.45, 7) is 2.36. The van der Waals surface area contributed by atoms with E-state index in [1.54, 1.807) is 18.0 Å². The lowest BCUT2D eigenvalue weighted by Crippen LogP contribution is -2.32. The number of nitrogens with zero attached hydrogens (tertiary/aromatic N) is 3. The van der Waals surface area contributed by atoms with Crippen LogP contribution in [0.25, 0.3) is 0 Å². The minimum atomic E-state index is -3.50. The molecule has 26 heavy (non-hydrogen) atoms. The van der Waals surface area contributed by atoms with Gasteiger partial charge in [-0.2, -0.15) is 0 Å². The molecule has 140 valence electrons. The van der Waals surface area contributed by atoms with E-state index in [0.29, 0.717) is 11.6 Å². The number of hydrogen-bond donors (Lipinski definition) is 0. The maximum atomic E-state index is 12.5. The van der Waals surface area contributed by atoms with Gasteiger partial charge < -0.3 is 4.90 Å². The molecule has 0 aliphatic heterocycles. The minimum Gasteiger partial charge on any atom is -0.340 e. The van der Waals surface area contributed by atoms with Gasteiger partial charge in [0.25, 0.3) is 0 Å². The van der Waals surface area contributed by atoms with E-state index in [9.17, 15) is 13.2 Å². The number of aromatic nitrogens is 1. The third kappa shape index (κ3) is 5.06. The molecule has 0 saturated heterocycles. The molecule has 0 unspecified atom stereocenters. The quantitative estimate of drug-likeness (QED) is 0.676. The lowest BCUT2D eigenvalue weighted by Gasteiger charge is -2.21. The maximum absolute atomic E-state index is 12.5. The smallest absolute Gasteiger partial charge is 0.244 e. The molecule has 1 aromatic carbocycles. The molecule has 2 rings (SSSR count). The number of amides is 1. The van der Waals surface area contributed by atoms with Crippen LogP contribution in [0, 0.1) is 0 Å². The predicted molar refractivity (Wildman–Crippen MR) is 103 cm³/mol. The topological polar surface area (TPSA) is 70.6 Å². The van der Waals surface area contributed by atoms with E-state index >= 15 is 0 Å². The van der Waals surface area contributed by atoms with Crippen LogP contribution in [0.3, 0.4) is 0 Å². The number of sulfonamides is 1. The van der Waals surface area contributed by atoms with Crippen LogP contribution in [-0.2, 0) is 21.4 Å². The Labute approximate surface area is 159 Å². The molecule has 0 aliphatic rings. The molecule has 2 aromatic rings. The molecule has 1 aromatic heterocycles. The van der Waals surface area contributed by atoms with E-state index in [1.165, 1.54) is 38.1 Å². The summed E-state index contributed by atoms with van der Waals surface area (Å²) in [5.74, 6) is -0.00866. The molecule has 1 heterocycles. The van der Waals surface area contributed by atoms with Crippen LogP contribution >= 0.6 is 11.8 Å². The molecule has 1 amide bonds. The molecular weight excluding hydrogens is 370 g/mol. The monoisotopic (exact) mass is 393 g/mol. The van der Waals surface area contributed by atoms with Gasteiger partial charge in [0.1, 0.15) is 4.90 Å². The van der Waals surface area contributed by atoms with Crippen LogP contribution in [0.15, 0.2) is 58.6 Å². The molecule has 0 saturated carbocycles. The Hall–Kier alpha value is -1.90. The third-order valence-electron chi connectivity index (χ3n) is 3.77. The van der Waals surface area contributed by atoms with Crippen molar-refractivity contribution in [2.45, 2.75) is 28.6 Å². The van der Waals surface area contributed by atoms with Gasteiger partial charge in [0.05, 0.1) is 10.3 Å².